The summed E-state index contributed by atoms with van der Waals surface area (Å²) in [6.45, 7) is 2.10. The summed E-state index contributed by atoms with van der Waals surface area (Å²) in [7, 11) is -2.79. The maximum atomic E-state index is 12.9. The van der Waals surface area contributed by atoms with Crippen molar-refractivity contribution in [3.8, 4) is 5.75 Å². The molecule has 0 saturated heterocycles. The van der Waals surface area contributed by atoms with Gasteiger partial charge in [-0.2, -0.15) is 0 Å². The number of rotatable bonds is 7. The summed E-state index contributed by atoms with van der Waals surface area (Å²) < 4.78 is 33.2. The molecule has 1 amide bonds. The number of nitro groups is 1. The van der Waals surface area contributed by atoms with E-state index in [1.54, 1.807) is 6.07 Å². The van der Waals surface area contributed by atoms with Crippen molar-refractivity contribution >= 4 is 27.3 Å². The van der Waals surface area contributed by atoms with Crippen LogP contribution in [0.25, 0.3) is 0 Å². The Labute approximate surface area is 181 Å². The molecule has 1 aliphatic rings. The largest absolute Gasteiger partial charge is 0.495 e. The number of ether oxygens (including phenoxy) is 1. The van der Waals surface area contributed by atoms with E-state index in [-0.39, 0.29) is 39.5 Å². The molecule has 2 unspecified atom stereocenters. The fourth-order valence-corrected chi connectivity index (χ4v) is 4.79. The second-order valence-electron chi connectivity index (χ2n) is 7.62. The monoisotopic (exact) mass is 447 g/mol. The van der Waals surface area contributed by atoms with Gasteiger partial charge >= 0.3 is 0 Å². The van der Waals surface area contributed by atoms with Crippen LogP contribution in [-0.4, -0.2) is 32.4 Å². The molecule has 31 heavy (non-hydrogen) atoms. The molecule has 166 valence electrons. The predicted molar refractivity (Wildman–Crippen MR) is 116 cm³/mol. The van der Waals surface area contributed by atoms with Gasteiger partial charge in [-0.25, -0.2) is 8.42 Å². The van der Waals surface area contributed by atoms with Crippen LogP contribution in [0.2, 0.25) is 0 Å². The fraction of sp³-hybridized carbons (Fsp3) is 0.381. The molecule has 9 nitrogen and oxygen atoms in total. The lowest BCUT2D eigenvalue weighted by Gasteiger charge is -2.29. The molecule has 0 heterocycles. The van der Waals surface area contributed by atoms with Crippen molar-refractivity contribution in [3.05, 3.63) is 58.1 Å². The third-order valence-electron chi connectivity index (χ3n) is 5.47. The molecule has 0 bridgehead atoms. The summed E-state index contributed by atoms with van der Waals surface area (Å²) in [6, 6.07) is 9.35. The molecule has 1 saturated carbocycles. The van der Waals surface area contributed by atoms with E-state index in [1.165, 1.54) is 37.4 Å². The first-order chi connectivity index (χ1) is 14.7. The molecule has 2 N–H and O–H groups in total. The van der Waals surface area contributed by atoms with Crippen molar-refractivity contribution in [1.29, 1.82) is 0 Å². The molecule has 0 radical (unpaired) electrons. The molecule has 1 aliphatic carbocycles. The molecule has 3 rings (SSSR count). The van der Waals surface area contributed by atoms with Gasteiger partial charge in [-0.3, -0.25) is 19.6 Å². The maximum absolute atomic E-state index is 12.9. The minimum atomic E-state index is -4.12. The highest BCUT2D eigenvalue weighted by molar-refractivity contribution is 7.92. The Morgan fingerprint density at radius 1 is 1.16 bits per heavy atom. The van der Waals surface area contributed by atoms with Crippen LogP contribution < -0.4 is 14.8 Å². The Morgan fingerprint density at radius 2 is 1.90 bits per heavy atom. The van der Waals surface area contributed by atoms with E-state index in [0.29, 0.717) is 5.92 Å². The molecule has 2 aromatic carbocycles. The van der Waals surface area contributed by atoms with Gasteiger partial charge in [0.1, 0.15) is 5.75 Å². The Morgan fingerprint density at radius 3 is 2.58 bits per heavy atom. The van der Waals surface area contributed by atoms with Crippen molar-refractivity contribution in [2.24, 2.45) is 5.92 Å². The Balaban J connectivity index is 1.83. The average molecular weight is 448 g/mol. The number of sulfonamides is 1. The van der Waals surface area contributed by atoms with Crippen molar-refractivity contribution in [1.82, 2.24) is 5.32 Å². The minimum Gasteiger partial charge on any atom is -0.495 e. The van der Waals surface area contributed by atoms with E-state index >= 15 is 0 Å². The SMILES string of the molecule is COc1ccc([N+](=O)[O-])cc1NS(=O)(=O)c1cccc(C(=O)NC2CCCCC2C)c1. The van der Waals surface area contributed by atoms with Crippen LogP contribution in [-0.2, 0) is 10.0 Å². The first-order valence-corrected chi connectivity index (χ1v) is 11.5. The number of carbonyl (C=O) groups is 1. The van der Waals surface area contributed by atoms with Gasteiger partial charge in [-0.1, -0.05) is 25.8 Å². The Bertz CT molecular complexity index is 1090. The summed E-state index contributed by atoms with van der Waals surface area (Å²) >= 11 is 0. The number of hydrogen-bond donors (Lipinski definition) is 2. The normalized spacial score (nSPS) is 18.8. The quantitative estimate of drug-likeness (QED) is 0.492. The minimum absolute atomic E-state index is 0.0637. The van der Waals surface area contributed by atoms with Gasteiger partial charge in [0, 0.05) is 23.7 Å². The lowest BCUT2D eigenvalue weighted by molar-refractivity contribution is -0.384. The van der Waals surface area contributed by atoms with E-state index in [4.69, 9.17) is 4.74 Å². The highest BCUT2D eigenvalue weighted by Gasteiger charge is 2.24. The van der Waals surface area contributed by atoms with Gasteiger partial charge in [0.25, 0.3) is 21.6 Å². The summed E-state index contributed by atoms with van der Waals surface area (Å²) in [5.41, 5.74) is -0.123. The molecular weight excluding hydrogens is 422 g/mol. The van der Waals surface area contributed by atoms with E-state index in [0.717, 1.165) is 31.7 Å². The highest BCUT2D eigenvalue weighted by atomic mass is 32.2. The summed E-state index contributed by atoms with van der Waals surface area (Å²) in [4.78, 5) is 23.0. The van der Waals surface area contributed by atoms with Crippen LogP contribution in [0.4, 0.5) is 11.4 Å². The predicted octanol–water partition coefficient (Wildman–Crippen LogP) is 3.71. The molecule has 1 fully saturated rings. The first kappa shape index (κ1) is 22.5. The summed E-state index contributed by atoms with van der Waals surface area (Å²) in [5.74, 6) is 0.172. The Hall–Kier alpha value is -3.14. The third-order valence-corrected chi connectivity index (χ3v) is 6.84. The highest BCUT2D eigenvalue weighted by Crippen LogP contribution is 2.31. The summed E-state index contributed by atoms with van der Waals surface area (Å²) in [5, 5.41) is 14.0. The van der Waals surface area contributed by atoms with Crippen LogP contribution in [0.3, 0.4) is 0 Å². The van der Waals surface area contributed by atoms with Gasteiger partial charge in [-0.15, -0.1) is 0 Å². The van der Waals surface area contributed by atoms with Gasteiger partial charge in [0.15, 0.2) is 0 Å². The third kappa shape index (κ3) is 5.32. The van der Waals surface area contributed by atoms with Crippen LogP contribution in [0.5, 0.6) is 5.75 Å². The van der Waals surface area contributed by atoms with Crippen molar-refractivity contribution < 1.29 is 22.9 Å². The van der Waals surface area contributed by atoms with E-state index in [2.05, 4.69) is 17.0 Å². The number of nitrogens with one attached hydrogen (secondary N) is 2. The summed E-state index contributed by atoms with van der Waals surface area (Å²) in [6.07, 6.45) is 4.15. The fourth-order valence-electron chi connectivity index (χ4n) is 3.68. The van der Waals surface area contributed by atoms with Crippen molar-refractivity contribution in [3.63, 3.8) is 0 Å². The number of carbonyl (C=O) groups excluding carboxylic acids is 1. The molecule has 10 heteroatoms. The molecule has 2 atom stereocenters. The zero-order chi connectivity index (χ0) is 22.6. The molecular formula is C21H25N3O6S. The van der Waals surface area contributed by atoms with Gasteiger partial charge in [0.05, 0.1) is 22.6 Å². The zero-order valence-electron chi connectivity index (χ0n) is 17.3. The lowest BCUT2D eigenvalue weighted by Crippen LogP contribution is -2.41. The van der Waals surface area contributed by atoms with Crippen molar-refractivity contribution in [2.45, 2.75) is 43.5 Å². The van der Waals surface area contributed by atoms with Gasteiger partial charge < -0.3 is 10.1 Å². The van der Waals surface area contributed by atoms with Gasteiger partial charge in [0.2, 0.25) is 0 Å². The van der Waals surface area contributed by atoms with Gasteiger partial charge in [-0.05, 0) is 43.0 Å². The van der Waals surface area contributed by atoms with Crippen LogP contribution in [0, 0.1) is 16.0 Å². The zero-order valence-corrected chi connectivity index (χ0v) is 18.1. The number of methoxy groups -OCH3 is 1. The van der Waals surface area contributed by atoms with Crippen molar-refractivity contribution in [2.75, 3.05) is 11.8 Å². The second-order valence-corrected chi connectivity index (χ2v) is 9.30. The van der Waals surface area contributed by atoms with Crippen LogP contribution in [0.15, 0.2) is 47.4 Å². The number of nitro benzene ring substituents is 1. The maximum Gasteiger partial charge on any atom is 0.271 e. The number of amides is 1. The molecule has 0 aliphatic heterocycles. The van der Waals surface area contributed by atoms with E-state index < -0.39 is 14.9 Å². The van der Waals surface area contributed by atoms with Crippen LogP contribution in [0.1, 0.15) is 43.0 Å². The number of benzene rings is 2. The average Bonchev–Trinajstić information content (AvgIpc) is 2.75. The first-order valence-electron chi connectivity index (χ1n) is 9.97. The van der Waals surface area contributed by atoms with Crippen LogP contribution >= 0.6 is 0 Å². The standard InChI is InChI=1S/C21H25N3O6S/c1-14-6-3-4-9-18(14)22-21(25)15-7-5-8-17(12-15)31(28,29)23-19-13-16(24(26)27)10-11-20(19)30-2/h5,7-8,10-14,18,23H,3-4,6,9H2,1-2H3,(H,22,25). The molecule has 2 aromatic rings. The van der Waals surface area contributed by atoms with E-state index in [9.17, 15) is 23.3 Å². The lowest BCUT2D eigenvalue weighted by atomic mass is 9.86. The van der Waals surface area contributed by atoms with E-state index in [1.807, 2.05) is 0 Å². The Kier molecular flexibility index (Phi) is 6.79. The topological polar surface area (TPSA) is 128 Å². The number of anilines is 1. The second kappa shape index (κ2) is 9.34. The number of hydrogen-bond acceptors (Lipinski definition) is 6. The number of non-ortho nitro benzene ring substituents is 1. The molecule has 0 spiro atoms. The number of nitrogens with zero attached hydrogens (tertiary/aromatic N) is 1. The smallest absolute Gasteiger partial charge is 0.271 e. The molecule has 0 aromatic heterocycles.